The normalized spacial score (nSPS) is 13.2. The minimum absolute atomic E-state index is 0.534. The third-order valence-electron chi connectivity index (χ3n) is 9.20. The van der Waals surface area contributed by atoms with Crippen molar-refractivity contribution >= 4 is 33.6 Å². The molecular formula is C45H31N3O. The van der Waals surface area contributed by atoms with Crippen molar-refractivity contribution in [3.8, 4) is 33.4 Å². The summed E-state index contributed by atoms with van der Waals surface area (Å²) in [5, 5.41) is 5.71. The van der Waals surface area contributed by atoms with Crippen LogP contribution >= 0.6 is 0 Å². The maximum Gasteiger partial charge on any atom is 0.171 e. The lowest BCUT2D eigenvalue weighted by molar-refractivity contribution is 0.667. The number of para-hydroxylation sites is 1. The van der Waals surface area contributed by atoms with Crippen LogP contribution in [0, 0.1) is 0 Å². The highest BCUT2D eigenvalue weighted by Gasteiger charge is 2.27. The zero-order valence-electron chi connectivity index (χ0n) is 26.6. The van der Waals surface area contributed by atoms with Gasteiger partial charge in [-0.25, -0.2) is 9.98 Å². The predicted octanol–water partition coefficient (Wildman–Crippen LogP) is 11.1. The van der Waals surface area contributed by atoms with E-state index in [0.29, 0.717) is 0 Å². The van der Waals surface area contributed by atoms with Crippen molar-refractivity contribution in [3.63, 3.8) is 0 Å². The molecule has 4 heteroatoms. The van der Waals surface area contributed by atoms with Crippen LogP contribution in [-0.4, -0.2) is 11.7 Å². The second-order valence-corrected chi connectivity index (χ2v) is 12.2. The SMILES string of the molecule is c1ccc(-c2ccc(C3=NC(c4c(-c5ccccc5)ccc5oc6ccccc6c45)N=C(c4ccc(-c5ccccc5)cc4)N3)cc2)cc1. The molecule has 1 aliphatic heterocycles. The molecular weight excluding hydrogens is 599 g/mol. The van der Waals surface area contributed by atoms with E-state index in [4.69, 9.17) is 14.4 Å². The van der Waals surface area contributed by atoms with Crippen LogP contribution in [0.1, 0.15) is 22.9 Å². The van der Waals surface area contributed by atoms with E-state index >= 15 is 0 Å². The number of furan rings is 1. The summed E-state index contributed by atoms with van der Waals surface area (Å²) in [6.45, 7) is 0. The molecule has 0 spiro atoms. The Hall–Kier alpha value is -6.52. The van der Waals surface area contributed by atoms with E-state index in [2.05, 4.69) is 151 Å². The highest BCUT2D eigenvalue weighted by Crippen LogP contribution is 2.42. The molecule has 0 bridgehead atoms. The monoisotopic (exact) mass is 629 g/mol. The van der Waals surface area contributed by atoms with Crippen molar-refractivity contribution in [1.82, 2.24) is 5.32 Å². The van der Waals surface area contributed by atoms with E-state index in [1.54, 1.807) is 0 Å². The van der Waals surface area contributed by atoms with Gasteiger partial charge in [0.2, 0.25) is 0 Å². The summed E-state index contributed by atoms with van der Waals surface area (Å²) in [7, 11) is 0. The Bertz CT molecular complexity index is 2380. The molecule has 9 rings (SSSR count). The average Bonchev–Trinajstić information content (AvgIpc) is 3.57. The van der Waals surface area contributed by atoms with E-state index in [-0.39, 0.29) is 0 Å². The average molecular weight is 630 g/mol. The lowest BCUT2D eigenvalue weighted by atomic mass is 9.93. The molecule has 7 aromatic carbocycles. The molecule has 232 valence electrons. The van der Waals surface area contributed by atoms with Gasteiger partial charge in [-0.1, -0.05) is 164 Å². The number of nitrogens with one attached hydrogen (secondary N) is 1. The van der Waals surface area contributed by atoms with Crippen LogP contribution in [0.4, 0.5) is 0 Å². The van der Waals surface area contributed by atoms with Crippen molar-refractivity contribution in [2.45, 2.75) is 6.17 Å². The first-order valence-corrected chi connectivity index (χ1v) is 16.5. The second-order valence-electron chi connectivity index (χ2n) is 12.2. The van der Waals surface area contributed by atoms with Gasteiger partial charge in [0.15, 0.2) is 6.17 Å². The second kappa shape index (κ2) is 12.3. The van der Waals surface area contributed by atoms with E-state index in [9.17, 15) is 0 Å². The Morgan fingerprint density at radius 2 is 0.837 bits per heavy atom. The van der Waals surface area contributed by atoms with Crippen LogP contribution in [0.3, 0.4) is 0 Å². The smallest absolute Gasteiger partial charge is 0.171 e. The van der Waals surface area contributed by atoms with Crippen LogP contribution in [0.15, 0.2) is 190 Å². The maximum atomic E-state index is 6.40. The molecule has 0 aliphatic carbocycles. The van der Waals surface area contributed by atoms with E-state index < -0.39 is 6.17 Å². The zero-order valence-corrected chi connectivity index (χ0v) is 26.6. The summed E-state index contributed by atoms with van der Waals surface area (Å²) in [6.07, 6.45) is -0.534. The third-order valence-corrected chi connectivity index (χ3v) is 9.20. The van der Waals surface area contributed by atoms with Crippen LogP contribution in [0.5, 0.6) is 0 Å². The molecule has 0 saturated heterocycles. The van der Waals surface area contributed by atoms with Gasteiger partial charge in [0, 0.05) is 27.5 Å². The van der Waals surface area contributed by atoms with Gasteiger partial charge in [-0.05, 0) is 45.5 Å². The molecule has 1 aliphatic rings. The first-order valence-electron chi connectivity index (χ1n) is 16.5. The molecule has 0 saturated carbocycles. The van der Waals surface area contributed by atoms with E-state index in [0.717, 1.165) is 72.6 Å². The quantitative estimate of drug-likeness (QED) is 0.199. The summed E-state index contributed by atoms with van der Waals surface area (Å²) in [6, 6.07) is 61.0. The van der Waals surface area contributed by atoms with Crippen molar-refractivity contribution in [2.75, 3.05) is 0 Å². The molecule has 49 heavy (non-hydrogen) atoms. The number of hydrogen-bond acceptors (Lipinski definition) is 4. The Kier molecular flexibility index (Phi) is 7.17. The molecule has 8 aromatic rings. The molecule has 2 heterocycles. The molecule has 0 unspecified atom stereocenters. The first kappa shape index (κ1) is 28.7. The van der Waals surface area contributed by atoms with Gasteiger partial charge in [-0.15, -0.1) is 0 Å². The summed E-state index contributed by atoms with van der Waals surface area (Å²) >= 11 is 0. The number of hydrogen-bond donors (Lipinski definition) is 1. The summed E-state index contributed by atoms with van der Waals surface area (Å²) in [5.74, 6) is 1.54. The maximum absolute atomic E-state index is 6.40. The van der Waals surface area contributed by atoms with E-state index in [1.165, 1.54) is 11.1 Å². The van der Waals surface area contributed by atoms with Crippen molar-refractivity contribution < 1.29 is 4.42 Å². The van der Waals surface area contributed by atoms with Crippen molar-refractivity contribution in [1.29, 1.82) is 0 Å². The molecule has 0 amide bonds. The Morgan fingerprint density at radius 3 is 1.39 bits per heavy atom. The standard InChI is InChI=1S/C45H31N3O/c1-4-12-30(13-5-1)32-20-24-35(25-21-32)43-46-44(36-26-22-33(23-27-36)31-14-6-2-7-15-31)48-45(47-43)42-37(34-16-8-3-9-17-34)28-29-40-41(42)38-18-10-11-19-39(38)49-40/h1-29,45H,(H,46,47,48). The summed E-state index contributed by atoms with van der Waals surface area (Å²) in [4.78, 5) is 10.7. The first-order chi connectivity index (χ1) is 24.3. The lowest BCUT2D eigenvalue weighted by Gasteiger charge is -2.24. The number of aliphatic imine (C=N–C) groups is 2. The van der Waals surface area contributed by atoms with Gasteiger partial charge in [0.1, 0.15) is 22.8 Å². The van der Waals surface area contributed by atoms with Gasteiger partial charge in [-0.2, -0.15) is 0 Å². The largest absolute Gasteiger partial charge is 0.456 e. The minimum atomic E-state index is -0.534. The van der Waals surface area contributed by atoms with Crippen molar-refractivity contribution in [3.05, 3.63) is 193 Å². The van der Waals surface area contributed by atoms with Crippen LogP contribution < -0.4 is 5.32 Å². The van der Waals surface area contributed by atoms with Gasteiger partial charge >= 0.3 is 0 Å². The van der Waals surface area contributed by atoms with Gasteiger partial charge in [0.05, 0.1) is 0 Å². The van der Waals surface area contributed by atoms with Crippen LogP contribution in [-0.2, 0) is 0 Å². The fraction of sp³-hybridized carbons (Fsp3) is 0.0222. The molecule has 4 nitrogen and oxygen atoms in total. The Morgan fingerprint density at radius 1 is 0.388 bits per heavy atom. The fourth-order valence-electron chi connectivity index (χ4n) is 6.76. The molecule has 0 atom stereocenters. The fourth-order valence-corrected chi connectivity index (χ4v) is 6.76. The van der Waals surface area contributed by atoms with Gasteiger partial charge in [0.25, 0.3) is 0 Å². The van der Waals surface area contributed by atoms with Crippen molar-refractivity contribution in [2.24, 2.45) is 9.98 Å². The number of benzene rings is 7. The van der Waals surface area contributed by atoms with Gasteiger partial charge < -0.3 is 9.73 Å². The molecule has 0 fully saturated rings. The van der Waals surface area contributed by atoms with E-state index in [1.807, 2.05) is 30.3 Å². The lowest BCUT2D eigenvalue weighted by Crippen LogP contribution is -2.36. The number of nitrogens with zero attached hydrogens (tertiary/aromatic N) is 2. The Labute approximate surface area is 284 Å². The predicted molar refractivity (Wildman–Crippen MR) is 202 cm³/mol. The summed E-state index contributed by atoms with van der Waals surface area (Å²) in [5.41, 5.74) is 11.5. The molecule has 1 aromatic heterocycles. The molecule has 1 N–H and O–H groups in total. The number of fused-ring (bicyclic) bond motifs is 3. The van der Waals surface area contributed by atoms with Crippen LogP contribution in [0.2, 0.25) is 0 Å². The minimum Gasteiger partial charge on any atom is -0.456 e. The topological polar surface area (TPSA) is 49.9 Å². The highest BCUT2D eigenvalue weighted by atomic mass is 16.3. The molecule has 0 radical (unpaired) electrons. The van der Waals surface area contributed by atoms with Gasteiger partial charge in [-0.3, -0.25) is 0 Å². The Balaban J connectivity index is 1.23. The number of amidine groups is 2. The third kappa shape index (κ3) is 5.39. The highest BCUT2D eigenvalue weighted by molar-refractivity contribution is 6.17. The summed E-state index contributed by atoms with van der Waals surface area (Å²) < 4.78 is 6.40. The zero-order chi connectivity index (χ0) is 32.6. The number of rotatable bonds is 6. The van der Waals surface area contributed by atoms with Crippen LogP contribution in [0.25, 0.3) is 55.3 Å².